The van der Waals surface area contributed by atoms with E-state index in [0.717, 1.165) is 36.0 Å². The Kier molecular flexibility index (Phi) is 3.89. The molecule has 120 valence electrons. The monoisotopic (exact) mass is 300 g/mol. The first-order valence-corrected chi connectivity index (χ1v) is 9.05. The van der Waals surface area contributed by atoms with Gasteiger partial charge in [-0.2, -0.15) is 0 Å². The van der Waals surface area contributed by atoms with E-state index in [1.54, 1.807) is 0 Å². The van der Waals surface area contributed by atoms with E-state index in [-0.39, 0.29) is 0 Å². The van der Waals surface area contributed by atoms with E-state index >= 15 is 0 Å². The van der Waals surface area contributed by atoms with E-state index in [1.807, 2.05) is 6.08 Å². The summed E-state index contributed by atoms with van der Waals surface area (Å²) < 4.78 is 11.3. The topological polar surface area (TPSA) is 21.8 Å². The molecule has 0 aromatic heterocycles. The van der Waals surface area contributed by atoms with E-state index in [1.165, 1.54) is 37.7 Å². The van der Waals surface area contributed by atoms with Crippen LogP contribution in [0.15, 0.2) is 36.1 Å². The molecule has 2 bridgehead atoms. The number of epoxide rings is 1. The standard InChI is InChI=1S/C20H28O2/c1-3-6-17(20(4-2)22-12-14-11-21-14)19-10-13-9-18(19)16-8-5-7-15(13)16/h3-4,6,13-16,18-19H,2,5,7-12H2,1H3/b6-3-,20-17-. The van der Waals surface area contributed by atoms with Gasteiger partial charge in [0.1, 0.15) is 18.5 Å². The van der Waals surface area contributed by atoms with Crippen LogP contribution in [0.25, 0.3) is 0 Å². The molecule has 1 aliphatic heterocycles. The molecule has 2 heteroatoms. The van der Waals surface area contributed by atoms with Crippen molar-refractivity contribution in [1.29, 1.82) is 0 Å². The first-order chi connectivity index (χ1) is 10.8. The zero-order chi connectivity index (χ0) is 15.1. The Morgan fingerprint density at radius 1 is 1.23 bits per heavy atom. The molecule has 1 saturated heterocycles. The third-order valence-electron chi connectivity index (χ3n) is 6.47. The molecule has 3 saturated carbocycles. The van der Waals surface area contributed by atoms with Crippen LogP contribution in [0.2, 0.25) is 0 Å². The summed E-state index contributed by atoms with van der Waals surface area (Å²) in [5, 5.41) is 0. The third kappa shape index (κ3) is 2.46. The van der Waals surface area contributed by atoms with Crippen LogP contribution >= 0.6 is 0 Å². The second-order valence-corrected chi connectivity index (χ2v) is 7.55. The zero-order valence-electron chi connectivity index (χ0n) is 13.7. The molecule has 1 heterocycles. The molecule has 6 unspecified atom stereocenters. The molecule has 0 spiro atoms. The van der Waals surface area contributed by atoms with Crippen LogP contribution < -0.4 is 0 Å². The summed E-state index contributed by atoms with van der Waals surface area (Å²) in [5.74, 6) is 5.58. The molecular weight excluding hydrogens is 272 g/mol. The van der Waals surface area contributed by atoms with Crippen molar-refractivity contribution in [3.63, 3.8) is 0 Å². The summed E-state index contributed by atoms with van der Waals surface area (Å²) >= 11 is 0. The lowest BCUT2D eigenvalue weighted by atomic mass is 9.72. The smallest absolute Gasteiger partial charge is 0.122 e. The summed E-state index contributed by atoms with van der Waals surface area (Å²) in [7, 11) is 0. The Morgan fingerprint density at radius 3 is 2.77 bits per heavy atom. The SMILES string of the molecule is C=C/C(OCC1CO1)=C(\C=C/C)C1CC2CC1C1CCCC21. The minimum absolute atomic E-state index is 0.307. The first-order valence-electron chi connectivity index (χ1n) is 9.05. The molecule has 4 fully saturated rings. The highest BCUT2D eigenvalue weighted by atomic mass is 16.6. The molecule has 0 aromatic rings. The summed E-state index contributed by atoms with van der Waals surface area (Å²) in [5.41, 5.74) is 1.40. The van der Waals surface area contributed by atoms with Crippen molar-refractivity contribution < 1.29 is 9.47 Å². The van der Waals surface area contributed by atoms with Crippen LogP contribution in [0.4, 0.5) is 0 Å². The van der Waals surface area contributed by atoms with E-state index in [0.29, 0.717) is 18.6 Å². The third-order valence-corrected chi connectivity index (χ3v) is 6.47. The van der Waals surface area contributed by atoms with Crippen LogP contribution in [0, 0.1) is 29.6 Å². The van der Waals surface area contributed by atoms with Crippen LogP contribution in [0.5, 0.6) is 0 Å². The number of hydrogen-bond donors (Lipinski definition) is 0. The van der Waals surface area contributed by atoms with Crippen LogP contribution in [-0.2, 0) is 9.47 Å². The van der Waals surface area contributed by atoms with Crippen LogP contribution in [0.1, 0.15) is 39.0 Å². The first kappa shape index (κ1) is 14.6. The molecule has 22 heavy (non-hydrogen) atoms. The fourth-order valence-electron chi connectivity index (χ4n) is 5.60. The molecule has 3 aliphatic carbocycles. The predicted octanol–water partition coefficient (Wildman–Crippen LogP) is 4.49. The number of rotatable bonds is 6. The minimum Gasteiger partial charge on any atom is -0.491 e. The highest BCUT2D eigenvalue weighted by molar-refractivity contribution is 5.33. The lowest BCUT2D eigenvalue weighted by molar-refractivity contribution is 0.176. The summed E-state index contributed by atoms with van der Waals surface area (Å²) in [6.07, 6.45) is 13.9. The maximum Gasteiger partial charge on any atom is 0.122 e. The molecule has 4 aliphatic rings. The Hall–Kier alpha value is -1.02. The van der Waals surface area contributed by atoms with Crippen molar-refractivity contribution in [3.05, 3.63) is 36.1 Å². The number of fused-ring (bicyclic) bond motifs is 5. The fraction of sp³-hybridized carbons (Fsp3) is 0.700. The molecule has 2 nitrogen and oxygen atoms in total. The molecule has 0 aromatic carbocycles. The minimum atomic E-state index is 0.307. The van der Waals surface area contributed by atoms with Crippen molar-refractivity contribution in [2.24, 2.45) is 29.6 Å². The van der Waals surface area contributed by atoms with Gasteiger partial charge in [-0.3, -0.25) is 0 Å². The second-order valence-electron chi connectivity index (χ2n) is 7.55. The van der Waals surface area contributed by atoms with Gasteiger partial charge in [-0.1, -0.05) is 25.2 Å². The maximum absolute atomic E-state index is 6.05. The van der Waals surface area contributed by atoms with Gasteiger partial charge < -0.3 is 9.47 Å². The van der Waals surface area contributed by atoms with Gasteiger partial charge in [0.15, 0.2) is 0 Å². The van der Waals surface area contributed by atoms with Crippen molar-refractivity contribution >= 4 is 0 Å². The normalized spacial score (nSPS) is 43.3. The van der Waals surface area contributed by atoms with E-state index < -0.39 is 0 Å². The maximum atomic E-state index is 6.05. The second kappa shape index (κ2) is 5.88. The summed E-state index contributed by atoms with van der Waals surface area (Å²) in [6, 6.07) is 0. The van der Waals surface area contributed by atoms with Gasteiger partial charge in [0.2, 0.25) is 0 Å². The van der Waals surface area contributed by atoms with Gasteiger partial charge in [0.05, 0.1) is 6.61 Å². The van der Waals surface area contributed by atoms with Gasteiger partial charge in [0.25, 0.3) is 0 Å². The lowest BCUT2D eigenvalue weighted by Crippen LogP contribution is -2.26. The van der Waals surface area contributed by atoms with Crippen LogP contribution in [-0.4, -0.2) is 19.3 Å². The molecule has 0 radical (unpaired) electrons. The van der Waals surface area contributed by atoms with Gasteiger partial charge in [-0.25, -0.2) is 0 Å². The number of ether oxygens (including phenoxy) is 2. The van der Waals surface area contributed by atoms with E-state index in [2.05, 4.69) is 25.7 Å². The predicted molar refractivity (Wildman–Crippen MR) is 88.3 cm³/mol. The van der Waals surface area contributed by atoms with Gasteiger partial charge in [-0.15, -0.1) is 0 Å². The van der Waals surface area contributed by atoms with E-state index in [9.17, 15) is 0 Å². The van der Waals surface area contributed by atoms with Gasteiger partial charge >= 0.3 is 0 Å². The average molecular weight is 300 g/mol. The summed E-state index contributed by atoms with van der Waals surface area (Å²) in [4.78, 5) is 0. The van der Waals surface area contributed by atoms with Gasteiger partial charge in [-0.05, 0) is 73.8 Å². The molecule has 4 rings (SSSR count). The van der Waals surface area contributed by atoms with Gasteiger partial charge in [0, 0.05) is 0 Å². The fourth-order valence-corrected chi connectivity index (χ4v) is 5.60. The van der Waals surface area contributed by atoms with Crippen molar-refractivity contribution in [2.45, 2.75) is 45.1 Å². The Bertz CT molecular complexity index is 500. The Morgan fingerprint density at radius 2 is 2.05 bits per heavy atom. The average Bonchev–Trinajstić information content (AvgIpc) is 2.97. The summed E-state index contributed by atoms with van der Waals surface area (Å²) in [6.45, 7) is 7.64. The number of allylic oxidation sites excluding steroid dienone is 4. The molecular formula is C20H28O2. The lowest BCUT2D eigenvalue weighted by Gasteiger charge is -2.33. The Balaban J connectivity index is 1.57. The Labute approximate surface area is 134 Å². The highest BCUT2D eigenvalue weighted by Crippen LogP contribution is 2.62. The van der Waals surface area contributed by atoms with E-state index in [4.69, 9.17) is 9.47 Å². The highest BCUT2D eigenvalue weighted by Gasteiger charge is 2.54. The molecule has 0 amide bonds. The molecule has 0 N–H and O–H groups in total. The van der Waals surface area contributed by atoms with Crippen molar-refractivity contribution in [2.75, 3.05) is 13.2 Å². The van der Waals surface area contributed by atoms with Crippen molar-refractivity contribution in [3.8, 4) is 0 Å². The quantitative estimate of drug-likeness (QED) is 0.409. The molecule has 6 atom stereocenters. The van der Waals surface area contributed by atoms with Crippen molar-refractivity contribution in [1.82, 2.24) is 0 Å². The zero-order valence-corrected chi connectivity index (χ0v) is 13.7. The number of hydrogen-bond acceptors (Lipinski definition) is 2. The van der Waals surface area contributed by atoms with Crippen LogP contribution in [0.3, 0.4) is 0 Å². The largest absolute Gasteiger partial charge is 0.491 e.